The van der Waals surface area contributed by atoms with Gasteiger partial charge in [0.25, 0.3) is 0 Å². The summed E-state index contributed by atoms with van der Waals surface area (Å²) >= 11 is 0. The van der Waals surface area contributed by atoms with Crippen LogP contribution >= 0.6 is 0 Å². The highest BCUT2D eigenvalue weighted by atomic mass is 19.1. The Bertz CT molecular complexity index is 718. The number of alkyl halides is 1. The number of rotatable bonds is 4. The number of aryl methyl sites for hydroxylation is 1. The van der Waals surface area contributed by atoms with Gasteiger partial charge in [0.2, 0.25) is 11.9 Å². The minimum Gasteiger partial charge on any atom is -0.368 e. The fourth-order valence-corrected chi connectivity index (χ4v) is 3.12. The largest absolute Gasteiger partial charge is 0.368 e. The van der Waals surface area contributed by atoms with Gasteiger partial charge in [0, 0.05) is 0 Å². The fourth-order valence-electron chi connectivity index (χ4n) is 3.12. The van der Waals surface area contributed by atoms with E-state index in [1.54, 1.807) is 6.92 Å². The molecule has 122 valence electrons. The lowest BCUT2D eigenvalue weighted by Gasteiger charge is -2.19. The molecule has 1 aliphatic rings. The van der Waals surface area contributed by atoms with Crippen molar-refractivity contribution in [3.05, 3.63) is 40.7 Å². The third kappa shape index (κ3) is 3.11. The molecule has 0 radical (unpaired) electrons. The monoisotopic (exact) mass is 315 g/mol. The molecule has 3 N–H and O–H groups in total. The molecule has 1 aliphatic carbocycles. The van der Waals surface area contributed by atoms with Crippen molar-refractivity contribution in [3.63, 3.8) is 0 Å². The van der Waals surface area contributed by atoms with Crippen LogP contribution in [0.5, 0.6) is 0 Å². The number of nitrogen functional groups attached to an aromatic ring is 1. The summed E-state index contributed by atoms with van der Waals surface area (Å²) in [6, 6.07) is 6.58. The molecular formula is C17H22FN5. The lowest BCUT2D eigenvalue weighted by Crippen LogP contribution is -2.18. The van der Waals surface area contributed by atoms with Crippen LogP contribution in [0.25, 0.3) is 0 Å². The molecule has 0 fully saturated rings. The van der Waals surface area contributed by atoms with E-state index >= 15 is 0 Å². The van der Waals surface area contributed by atoms with Gasteiger partial charge in [0.1, 0.15) is 0 Å². The first-order valence-corrected chi connectivity index (χ1v) is 7.99. The highest BCUT2D eigenvalue weighted by Crippen LogP contribution is 2.38. The number of nitrogens with two attached hydrogens (primary N) is 1. The van der Waals surface area contributed by atoms with E-state index in [0.717, 1.165) is 6.42 Å². The van der Waals surface area contributed by atoms with Crippen LogP contribution in [0.3, 0.4) is 0 Å². The highest BCUT2D eigenvalue weighted by Gasteiger charge is 2.30. The zero-order valence-electron chi connectivity index (χ0n) is 13.7. The first kappa shape index (κ1) is 15.6. The lowest BCUT2D eigenvalue weighted by molar-refractivity contribution is 0.318. The van der Waals surface area contributed by atoms with E-state index in [1.807, 2.05) is 0 Å². The summed E-state index contributed by atoms with van der Waals surface area (Å²) in [6.45, 7) is 6.01. The second-order valence-corrected chi connectivity index (χ2v) is 6.26. The molecule has 1 aromatic heterocycles. The molecule has 0 amide bonds. The van der Waals surface area contributed by atoms with Crippen LogP contribution in [0.4, 0.5) is 16.3 Å². The third-order valence-electron chi connectivity index (χ3n) is 4.34. The Kier molecular flexibility index (Phi) is 4.15. The standard InChI is InChI=1S/C17H22FN5/c1-4-13(18)15-21-16(19)23-17(22-15)20-14-10(3)8-11-6-5-9(2)7-12(11)14/h5-7,10,13-14H,4,8H2,1-3H3,(H3,19,20,21,22,23)/t10-,13?,14?/m0/s1. The van der Waals surface area contributed by atoms with Crippen molar-refractivity contribution in [3.8, 4) is 0 Å². The van der Waals surface area contributed by atoms with E-state index < -0.39 is 6.17 Å². The molecule has 0 saturated carbocycles. The van der Waals surface area contributed by atoms with Crippen molar-refractivity contribution in [1.29, 1.82) is 0 Å². The number of halogens is 1. The number of hydrogen-bond acceptors (Lipinski definition) is 5. The van der Waals surface area contributed by atoms with Gasteiger partial charge in [-0.3, -0.25) is 0 Å². The van der Waals surface area contributed by atoms with Crippen LogP contribution in [0, 0.1) is 12.8 Å². The van der Waals surface area contributed by atoms with Gasteiger partial charge in [-0.2, -0.15) is 15.0 Å². The number of hydrogen-bond donors (Lipinski definition) is 2. The lowest BCUT2D eigenvalue weighted by atomic mass is 10.0. The maximum atomic E-state index is 13.9. The zero-order chi connectivity index (χ0) is 16.6. The first-order chi connectivity index (χ1) is 11.0. The quantitative estimate of drug-likeness (QED) is 0.902. The second-order valence-electron chi connectivity index (χ2n) is 6.26. The molecule has 0 spiro atoms. The highest BCUT2D eigenvalue weighted by molar-refractivity contribution is 5.44. The Morgan fingerprint density at radius 2 is 2.13 bits per heavy atom. The Hall–Kier alpha value is -2.24. The summed E-state index contributed by atoms with van der Waals surface area (Å²) in [7, 11) is 0. The van der Waals surface area contributed by atoms with Gasteiger partial charge >= 0.3 is 0 Å². The van der Waals surface area contributed by atoms with E-state index in [9.17, 15) is 4.39 Å². The van der Waals surface area contributed by atoms with Gasteiger partial charge in [-0.1, -0.05) is 37.6 Å². The maximum absolute atomic E-state index is 13.9. The summed E-state index contributed by atoms with van der Waals surface area (Å²) in [4.78, 5) is 12.2. The van der Waals surface area contributed by atoms with Crippen LogP contribution in [0.15, 0.2) is 18.2 Å². The van der Waals surface area contributed by atoms with E-state index in [-0.39, 0.29) is 17.8 Å². The van der Waals surface area contributed by atoms with Crippen LogP contribution in [0.2, 0.25) is 0 Å². The van der Waals surface area contributed by atoms with Crippen LogP contribution in [-0.2, 0) is 6.42 Å². The Balaban J connectivity index is 1.91. The number of nitrogens with zero attached hydrogens (tertiary/aromatic N) is 3. The van der Waals surface area contributed by atoms with E-state index in [0.29, 0.717) is 18.3 Å². The second kappa shape index (κ2) is 6.10. The van der Waals surface area contributed by atoms with Crippen molar-refractivity contribution in [1.82, 2.24) is 15.0 Å². The summed E-state index contributed by atoms with van der Waals surface area (Å²) in [5.74, 6) is 0.886. The topological polar surface area (TPSA) is 76.7 Å². The molecule has 0 saturated heterocycles. The number of benzene rings is 1. The van der Waals surface area contributed by atoms with Gasteiger partial charge in [0.05, 0.1) is 6.04 Å². The average Bonchev–Trinajstić information content (AvgIpc) is 2.81. The molecule has 1 aromatic carbocycles. The third-order valence-corrected chi connectivity index (χ3v) is 4.34. The normalized spacial score (nSPS) is 21.0. The summed E-state index contributed by atoms with van der Waals surface area (Å²) in [6.07, 6.45) is 0.0861. The number of aromatic nitrogens is 3. The Morgan fingerprint density at radius 1 is 1.35 bits per heavy atom. The smallest absolute Gasteiger partial charge is 0.228 e. The van der Waals surface area contributed by atoms with Gasteiger partial charge in [0.15, 0.2) is 12.0 Å². The van der Waals surface area contributed by atoms with Crippen molar-refractivity contribution in [2.75, 3.05) is 11.1 Å². The molecule has 6 heteroatoms. The molecular weight excluding hydrogens is 293 g/mol. The van der Waals surface area contributed by atoms with Gasteiger partial charge in [-0.05, 0) is 36.8 Å². The molecule has 23 heavy (non-hydrogen) atoms. The predicted octanol–water partition coefficient (Wildman–Crippen LogP) is 3.53. The van der Waals surface area contributed by atoms with Crippen molar-refractivity contribution in [2.45, 2.75) is 45.8 Å². The van der Waals surface area contributed by atoms with Gasteiger partial charge < -0.3 is 11.1 Å². The molecule has 0 bridgehead atoms. The zero-order valence-corrected chi connectivity index (χ0v) is 13.7. The van der Waals surface area contributed by atoms with Crippen LogP contribution in [-0.4, -0.2) is 15.0 Å². The molecule has 2 aromatic rings. The summed E-state index contributed by atoms with van der Waals surface area (Å²) < 4.78 is 13.9. The fraction of sp³-hybridized carbons (Fsp3) is 0.471. The molecule has 1 heterocycles. The SMILES string of the molecule is CCC(F)c1nc(N)nc(NC2c3cc(C)ccc3C[C@@H]2C)n1. The van der Waals surface area contributed by atoms with Crippen molar-refractivity contribution in [2.24, 2.45) is 5.92 Å². The average molecular weight is 315 g/mol. The summed E-state index contributed by atoms with van der Waals surface area (Å²) in [5.41, 5.74) is 9.52. The predicted molar refractivity (Wildman–Crippen MR) is 88.8 cm³/mol. The van der Waals surface area contributed by atoms with Crippen molar-refractivity contribution >= 4 is 11.9 Å². The van der Waals surface area contributed by atoms with Crippen LogP contribution in [0.1, 0.15) is 55.0 Å². The Labute approximate surface area is 135 Å². The molecule has 3 atom stereocenters. The summed E-state index contributed by atoms with van der Waals surface area (Å²) in [5, 5.41) is 3.33. The van der Waals surface area contributed by atoms with E-state index in [1.165, 1.54) is 16.7 Å². The number of anilines is 2. The number of nitrogens with one attached hydrogen (secondary N) is 1. The molecule has 0 aliphatic heterocycles. The minimum atomic E-state index is -1.23. The number of fused-ring (bicyclic) bond motifs is 1. The van der Waals surface area contributed by atoms with Gasteiger partial charge in [-0.25, -0.2) is 4.39 Å². The molecule has 5 nitrogen and oxygen atoms in total. The molecule has 3 rings (SSSR count). The minimum absolute atomic E-state index is 0.0451. The Morgan fingerprint density at radius 3 is 2.87 bits per heavy atom. The van der Waals surface area contributed by atoms with Crippen molar-refractivity contribution < 1.29 is 4.39 Å². The first-order valence-electron chi connectivity index (χ1n) is 7.99. The maximum Gasteiger partial charge on any atom is 0.228 e. The van der Waals surface area contributed by atoms with E-state index in [2.05, 4.69) is 52.3 Å². The van der Waals surface area contributed by atoms with E-state index in [4.69, 9.17) is 5.73 Å². The van der Waals surface area contributed by atoms with Gasteiger partial charge in [-0.15, -0.1) is 0 Å². The van der Waals surface area contributed by atoms with Crippen LogP contribution < -0.4 is 11.1 Å². The molecule has 2 unspecified atom stereocenters.